The molecule has 0 heterocycles. The van der Waals surface area contributed by atoms with E-state index in [9.17, 15) is 17.6 Å². The second kappa shape index (κ2) is 5.15. The topological polar surface area (TPSA) is 0 Å². The van der Waals surface area contributed by atoms with Gasteiger partial charge in [0.15, 0.2) is 0 Å². The summed E-state index contributed by atoms with van der Waals surface area (Å²) in [5.41, 5.74) is 0. The number of hydrogen-bond donors (Lipinski definition) is 0. The van der Waals surface area contributed by atoms with Crippen molar-refractivity contribution in [2.75, 3.05) is 0 Å². The quantitative estimate of drug-likeness (QED) is 0.560. The Labute approximate surface area is 112 Å². The molecule has 0 saturated heterocycles. The fourth-order valence-corrected chi connectivity index (χ4v) is 10.8. The van der Waals surface area contributed by atoms with Crippen LogP contribution in [0.25, 0.3) is 0 Å². The molecule has 0 atom stereocenters. The van der Waals surface area contributed by atoms with Crippen molar-refractivity contribution < 1.29 is 17.6 Å². The van der Waals surface area contributed by atoms with Gasteiger partial charge in [-0.05, 0) is 0 Å². The second-order valence-electron chi connectivity index (χ2n) is 4.82. The third kappa shape index (κ3) is 2.50. The molecule has 0 spiro atoms. The van der Waals surface area contributed by atoms with Crippen molar-refractivity contribution in [2.24, 2.45) is 0 Å². The van der Waals surface area contributed by atoms with Gasteiger partial charge >= 0.3 is 113 Å². The average molecular weight is 375 g/mol. The maximum absolute atomic E-state index is 13.9. The fraction of sp³-hybridized carbons (Fsp3) is 0.143. The number of halogens is 4. The molecule has 0 aliphatic heterocycles. The van der Waals surface area contributed by atoms with Gasteiger partial charge in [0.2, 0.25) is 0 Å². The Morgan fingerprint density at radius 3 is 1.16 bits per heavy atom. The zero-order chi connectivity index (χ0) is 14.2. The number of hydrogen-bond acceptors (Lipinski definition) is 0. The third-order valence-electron chi connectivity index (χ3n) is 3.18. The first-order valence-electron chi connectivity index (χ1n) is 5.74. The predicted octanol–water partition coefficient (Wildman–Crippen LogP) is 3.07. The first-order valence-corrected chi connectivity index (χ1v) is 14.3. The molecule has 19 heavy (non-hydrogen) atoms. The van der Waals surface area contributed by atoms with Gasteiger partial charge in [-0.3, -0.25) is 0 Å². The summed E-state index contributed by atoms with van der Waals surface area (Å²) in [6.07, 6.45) is 0. The Kier molecular flexibility index (Phi) is 3.90. The van der Waals surface area contributed by atoms with Crippen LogP contribution in [0.5, 0.6) is 0 Å². The SMILES string of the molecule is [CH3][Sn]([CH3])([c]1c(F)cccc1F)[c]1c(F)cccc1F. The normalized spacial score (nSPS) is 11.7. The average Bonchev–Trinajstić information content (AvgIpc) is 2.27. The van der Waals surface area contributed by atoms with Crippen LogP contribution in [0.1, 0.15) is 0 Å². The van der Waals surface area contributed by atoms with Gasteiger partial charge < -0.3 is 0 Å². The summed E-state index contributed by atoms with van der Waals surface area (Å²) < 4.78 is 55.2. The zero-order valence-corrected chi connectivity index (χ0v) is 13.3. The molecule has 0 aliphatic rings. The van der Waals surface area contributed by atoms with Crippen LogP contribution in [-0.2, 0) is 0 Å². The molecule has 0 unspecified atom stereocenters. The molecule has 0 aromatic heterocycles. The Hall–Kier alpha value is -1.04. The van der Waals surface area contributed by atoms with Gasteiger partial charge in [0.05, 0.1) is 0 Å². The first kappa shape index (κ1) is 14.4. The molecule has 0 fully saturated rings. The molecule has 0 bridgehead atoms. The van der Waals surface area contributed by atoms with E-state index in [0.717, 1.165) is 24.3 Å². The van der Waals surface area contributed by atoms with Crippen molar-refractivity contribution in [3.8, 4) is 0 Å². The van der Waals surface area contributed by atoms with E-state index in [4.69, 9.17) is 0 Å². The van der Waals surface area contributed by atoms with E-state index in [1.807, 2.05) is 0 Å². The summed E-state index contributed by atoms with van der Waals surface area (Å²) >= 11 is -3.99. The Morgan fingerprint density at radius 1 is 0.632 bits per heavy atom. The summed E-state index contributed by atoms with van der Waals surface area (Å²) in [4.78, 5) is 3.19. The number of rotatable bonds is 2. The molecular weight excluding hydrogens is 363 g/mol. The molecule has 100 valence electrons. The van der Waals surface area contributed by atoms with Crippen LogP contribution >= 0.6 is 0 Å². The van der Waals surface area contributed by atoms with Crippen molar-refractivity contribution in [3.63, 3.8) is 0 Å². The first-order chi connectivity index (χ1) is 8.85. The van der Waals surface area contributed by atoms with Crippen molar-refractivity contribution in [3.05, 3.63) is 59.7 Å². The van der Waals surface area contributed by atoms with Crippen LogP contribution in [0.4, 0.5) is 17.6 Å². The van der Waals surface area contributed by atoms with Gasteiger partial charge in [0.25, 0.3) is 0 Å². The molecular formula is C14H12F4Sn. The summed E-state index contributed by atoms with van der Waals surface area (Å²) in [6.45, 7) is 0. The van der Waals surface area contributed by atoms with Crippen LogP contribution in [0.15, 0.2) is 36.4 Å². The van der Waals surface area contributed by atoms with Gasteiger partial charge in [-0.25, -0.2) is 0 Å². The molecule has 0 amide bonds. The van der Waals surface area contributed by atoms with E-state index in [1.54, 1.807) is 9.88 Å². The fourth-order valence-electron chi connectivity index (χ4n) is 2.31. The van der Waals surface area contributed by atoms with E-state index >= 15 is 0 Å². The summed E-state index contributed by atoms with van der Waals surface area (Å²) in [5, 5.41) is 0. The van der Waals surface area contributed by atoms with Crippen LogP contribution < -0.4 is 7.16 Å². The van der Waals surface area contributed by atoms with E-state index in [-0.39, 0.29) is 7.16 Å². The Morgan fingerprint density at radius 2 is 0.895 bits per heavy atom. The van der Waals surface area contributed by atoms with Gasteiger partial charge in [0, 0.05) is 0 Å². The van der Waals surface area contributed by atoms with Crippen LogP contribution in [0, 0.1) is 23.3 Å². The molecule has 5 heteroatoms. The number of benzene rings is 2. The van der Waals surface area contributed by atoms with Gasteiger partial charge in [-0.15, -0.1) is 0 Å². The molecule has 0 radical (unpaired) electrons. The van der Waals surface area contributed by atoms with Gasteiger partial charge in [-0.1, -0.05) is 0 Å². The molecule has 0 aliphatic carbocycles. The standard InChI is InChI=1S/2C6H3F2.2CH3.Sn/c2*7-5-2-1-3-6(8)4-5;;;/h2*1-3H;2*1H3;. The minimum atomic E-state index is -3.99. The van der Waals surface area contributed by atoms with Crippen LogP contribution in [0.3, 0.4) is 0 Å². The summed E-state index contributed by atoms with van der Waals surface area (Å²) in [5.74, 6) is -2.93. The van der Waals surface area contributed by atoms with E-state index in [1.165, 1.54) is 12.1 Å². The van der Waals surface area contributed by atoms with Crippen molar-refractivity contribution in [2.45, 2.75) is 9.88 Å². The van der Waals surface area contributed by atoms with E-state index < -0.39 is 41.6 Å². The molecule has 2 rings (SSSR count). The molecule has 2 aromatic carbocycles. The molecule has 0 saturated carbocycles. The van der Waals surface area contributed by atoms with E-state index in [0.29, 0.717) is 0 Å². The van der Waals surface area contributed by atoms with Crippen molar-refractivity contribution >= 4 is 25.5 Å². The maximum atomic E-state index is 13.9. The predicted molar refractivity (Wildman–Crippen MR) is 69.5 cm³/mol. The summed E-state index contributed by atoms with van der Waals surface area (Å²) in [7, 11) is 0. The summed E-state index contributed by atoms with van der Waals surface area (Å²) in [6, 6.07) is 6.97. The Bertz CT molecular complexity index is 529. The molecule has 0 nitrogen and oxygen atoms in total. The third-order valence-corrected chi connectivity index (χ3v) is 13.0. The van der Waals surface area contributed by atoms with Crippen LogP contribution in [-0.4, -0.2) is 18.4 Å². The minimum absolute atomic E-state index is 0.138. The van der Waals surface area contributed by atoms with Crippen molar-refractivity contribution in [1.82, 2.24) is 0 Å². The van der Waals surface area contributed by atoms with E-state index in [2.05, 4.69) is 0 Å². The van der Waals surface area contributed by atoms with Gasteiger partial charge in [-0.2, -0.15) is 0 Å². The van der Waals surface area contributed by atoms with Crippen LogP contribution in [0.2, 0.25) is 9.88 Å². The second-order valence-corrected chi connectivity index (χ2v) is 16.9. The molecule has 0 N–H and O–H groups in total. The zero-order valence-electron chi connectivity index (χ0n) is 10.5. The van der Waals surface area contributed by atoms with Crippen molar-refractivity contribution in [1.29, 1.82) is 0 Å². The monoisotopic (exact) mass is 376 g/mol. The van der Waals surface area contributed by atoms with Gasteiger partial charge in [0.1, 0.15) is 0 Å². The Balaban J connectivity index is 2.73. The molecule has 2 aromatic rings.